The first-order chi connectivity index (χ1) is 11.5. The minimum atomic E-state index is 0.619. The zero-order valence-electron chi connectivity index (χ0n) is 15.4. The molecule has 0 atom stereocenters. The van der Waals surface area contributed by atoms with Gasteiger partial charge in [-0.15, -0.1) is 0 Å². The highest BCUT2D eigenvalue weighted by atomic mass is 14.8. The summed E-state index contributed by atoms with van der Waals surface area (Å²) in [6.45, 7) is 16.5. The van der Waals surface area contributed by atoms with Crippen molar-refractivity contribution in [2.24, 2.45) is 10.9 Å². The SMILES string of the molecule is C=C/C(=C(C(C)=NC(=C)c1ccnc(C)c1)\C(C)=C/C)C1CCC1. The van der Waals surface area contributed by atoms with Gasteiger partial charge in [-0.1, -0.05) is 31.7 Å². The van der Waals surface area contributed by atoms with Gasteiger partial charge in [0.25, 0.3) is 0 Å². The maximum absolute atomic E-state index is 4.82. The predicted molar refractivity (Wildman–Crippen MR) is 105 cm³/mol. The molecule has 24 heavy (non-hydrogen) atoms. The molecule has 0 bridgehead atoms. The summed E-state index contributed by atoms with van der Waals surface area (Å²) in [5, 5.41) is 0. The fourth-order valence-corrected chi connectivity index (χ4v) is 3.11. The Morgan fingerprint density at radius 2 is 2.04 bits per heavy atom. The molecule has 126 valence electrons. The van der Waals surface area contributed by atoms with Crippen LogP contribution in [-0.4, -0.2) is 10.7 Å². The van der Waals surface area contributed by atoms with Crippen LogP contribution >= 0.6 is 0 Å². The first-order valence-corrected chi connectivity index (χ1v) is 8.65. The van der Waals surface area contributed by atoms with E-state index < -0.39 is 0 Å². The Balaban J connectivity index is 2.44. The van der Waals surface area contributed by atoms with Gasteiger partial charge in [0.05, 0.1) is 5.70 Å². The van der Waals surface area contributed by atoms with Crippen LogP contribution in [0.4, 0.5) is 0 Å². The van der Waals surface area contributed by atoms with E-state index in [9.17, 15) is 0 Å². The van der Waals surface area contributed by atoms with Crippen molar-refractivity contribution in [3.63, 3.8) is 0 Å². The Hall–Kier alpha value is -2.22. The van der Waals surface area contributed by atoms with E-state index in [1.54, 1.807) is 6.20 Å². The van der Waals surface area contributed by atoms with Crippen LogP contribution in [0, 0.1) is 12.8 Å². The molecule has 2 heteroatoms. The molecule has 0 saturated heterocycles. The number of allylic oxidation sites excluding steroid dienone is 5. The van der Waals surface area contributed by atoms with Gasteiger partial charge in [-0.2, -0.15) is 0 Å². The number of rotatable bonds is 6. The van der Waals surface area contributed by atoms with Gasteiger partial charge in [-0.3, -0.25) is 9.98 Å². The summed E-state index contributed by atoms with van der Waals surface area (Å²) in [5.74, 6) is 0.619. The van der Waals surface area contributed by atoms with Gasteiger partial charge in [0.2, 0.25) is 0 Å². The second-order valence-electron chi connectivity index (χ2n) is 6.46. The number of pyridine rings is 1. The lowest BCUT2D eigenvalue weighted by Crippen LogP contribution is -2.17. The second-order valence-corrected chi connectivity index (χ2v) is 6.46. The maximum atomic E-state index is 4.82. The van der Waals surface area contributed by atoms with Crippen LogP contribution in [0.1, 0.15) is 51.3 Å². The lowest BCUT2D eigenvalue weighted by molar-refractivity contribution is 0.373. The van der Waals surface area contributed by atoms with Gasteiger partial charge >= 0.3 is 0 Å². The van der Waals surface area contributed by atoms with E-state index in [2.05, 4.69) is 45.0 Å². The molecule has 2 nitrogen and oxygen atoms in total. The summed E-state index contributed by atoms with van der Waals surface area (Å²) < 4.78 is 0. The Bertz CT molecular complexity index is 728. The lowest BCUT2D eigenvalue weighted by atomic mass is 9.76. The van der Waals surface area contributed by atoms with Gasteiger partial charge < -0.3 is 0 Å². The third-order valence-corrected chi connectivity index (χ3v) is 4.78. The van der Waals surface area contributed by atoms with Crippen molar-refractivity contribution in [1.29, 1.82) is 0 Å². The van der Waals surface area contributed by atoms with Crippen LogP contribution in [0.3, 0.4) is 0 Å². The van der Waals surface area contributed by atoms with E-state index >= 15 is 0 Å². The van der Waals surface area contributed by atoms with Crippen molar-refractivity contribution in [3.05, 3.63) is 71.6 Å². The molecule has 0 spiro atoms. The zero-order chi connectivity index (χ0) is 17.7. The summed E-state index contributed by atoms with van der Waals surface area (Å²) in [6.07, 6.45) is 9.78. The monoisotopic (exact) mass is 320 g/mol. The summed E-state index contributed by atoms with van der Waals surface area (Å²) in [5.41, 5.74) is 7.58. The molecule has 1 aliphatic rings. The highest BCUT2D eigenvalue weighted by Gasteiger charge is 2.24. The molecule has 0 N–H and O–H groups in total. The van der Waals surface area contributed by atoms with Crippen molar-refractivity contribution in [2.45, 2.75) is 47.0 Å². The van der Waals surface area contributed by atoms with Crippen LogP contribution in [0.15, 0.2) is 65.4 Å². The second kappa shape index (κ2) is 8.05. The smallest absolute Gasteiger partial charge is 0.0634 e. The van der Waals surface area contributed by atoms with Crippen molar-refractivity contribution in [3.8, 4) is 0 Å². The summed E-state index contributed by atoms with van der Waals surface area (Å²) in [6, 6.07) is 3.98. The lowest BCUT2D eigenvalue weighted by Gasteiger charge is -2.29. The minimum absolute atomic E-state index is 0.619. The molecule has 1 aromatic rings. The normalized spacial score (nSPS) is 17.2. The molecule has 1 aliphatic carbocycles. The summed E-state index contributed by atoms with van der Waals surface area (Å²) in [7, 11) is 0. The molecule has 0 aliphatic heterocycles. The topological polar surface area (TPSA) is 25.2 Å². The highest BCUT2D eigenvalue weighted by molar-refractivity contribution is 6.05. The molecule has 1 saturated carbocycles. The molecule has 0 aromatic carbocycles. The highest BCUT2D eigenvalue weighted by Crippen LogP contribution is 2.37. The van der Waals surface area contributed by atoms with Gasteiger partial charge in [0.1, 0.15) is 0 Å². The van der Waals surface area contributed by atoms with Crippen LogP contribution < -0.4 is 0 Å². The number of nitrogens with zero attached hydrogens (tertiary/aromatic N) is 2. The van der Waals surface area contributed by atoms with Crippen LogP contribution in [-0.2, 0) is 0 Å². The fourth-order valence-electron chi connectivity index (χ4n) is 3.11. The van der Waals surface area contributed by atoms with Gasteiger partial charge in [-0.05, 0) is 69.7 Å². The fraction of sp³-hybridized carbons (Fsp3) is 0.364. The Labute approximate surface area is 146 Å². The van der Waals surface area contributed by atoms with Crippen LogP contribution in [0.2, 0.25) is 0 Å². The first kappa shape index (κ1) is 18.1. The van der Waals surface area contributed by atoms with Crippen molar-refractivity contribution >= 4 is 11.4 Å². The number of hydrogen-bond donors (Lipinski definition) is 0. The molecule has 0 unspecified atom stereocenters. The summed E-state index contributed by atoms with van der Waals surface area (Å²) >= 11 is 0. The van der Waals surface area contributed by atoms with E-state index in [0.29, 0.717) is 5.92 Å². The zero-order valence-corrected chi connectivity index (χ0v) is 15.4. The first-order valence-electron chi connectivity index (χ1n) is 8.65. The Kier molecular flexibility index (Phi) is 6.08. The number of aromatic nitrogens is 1. The Morgan fingerprint density at radius 1 is 1.33 bits per heavy atom. The van der Waals surface area contributed by atoms with Crippen LogP contribution in [0.5, 0.6) is 0 Å². The standard InChI is InChI=1S/C22H28N2/c1-7-15(3)22(21(8-2)19-10-9-11-19)18(6)24-17(5)20-12-13-23-16(4)14-20/h7-8,12-14,19H,2,5,9-11H2,1,3-4,6H3/b15-7-,22-21-,24-18?. The predicted octanol–water partition coefficient (Wildman–Crippen LogP) is 6.07. The van der Waals surface area contributed by atoms with Gasteiger partial charge in [0, 0.05) is 28.7 Å². The average Bonchev–Trinajstić information content (AvgIpc) is 2.51. The number of aliphatic imine (C=N–C) groups is 1. The van der Waals surface area contributed by atoms with E-state index in [4.69, 9.17) is 4.99 Å². The van der Waals surface area contributed by atoms with Gasteiger partial charge in [-0.25, -0.2) is 0 Å². The molecular weight excluding hydrogens is 292 g/mol. The third kappa shape index (κ3) is 4.00. The molecule has 1 fully saturated rings. The number of aryl methyl sites for hydroxylation is 1. The van der Waals surface area contributed by atoms with Crippen molar-refractivity contribution in [1.82, 2.24) is 4.98 Å². The quantitative estimate of drug-likeness (QED) is 0.461. The van der Waals surface area contributed by atoms with E-state index in [1.807, 2.05) is 25.1 Å². The molecule has 1 aromatic heterocycles. The largest absolute Gasteiger partial charge is 0.262 e. The molecular formula is C22H28N2. The third-order valence-electron chi connectivity index (χ3n) is 4.78. The van der Waals surface area contributed by atoms with Crippen LogP contribution in [0.25, 0.3) is 5.70 Å². The molecule has 2 rings (SSSR count). The van der Waals surface area contributed by atoms with E-state index in [1.165, 1.54) is 36.0 Å². The molecule has 0 radical (unpaired) electrons. The van der Waals surface area contributed by atoms with E-state index in [-0.39, 0.29) is 0 Å². The molecule has 0 amide bonds. The number of hydrogen-bond acceptors (Lipinski definition) is 2. The van der Waals surface area contributed by atoms with Crippen molar-refractivity contribution < 1.29 is 0 Å². The van der Waals surface area contributed by atoms with E-state index in [0.717, 1.165) is 22.7 Å². The minimum Gasteiger partial charge on any atom is -0.262 e. The van der Waals surface area contributed by atoms with Crippen molar-refractivity contribution in [2.75, 3.05) is 0 Å². The maximum Gasteiger partial charge on any atom is 0.0634 e. The van der Waals surface area contributed by atoms with Gasteiger partial charge in [0.15, 0.2) is 0 Å². The molecule has 1 heterocycles. The Morgan fingerprint density at radius 3 is 2.54 bits per heavy atom. The average molecular weight is 320 g/mol. The summed E-state index contributed by atoms with van der Waals surface area (Å²) in [4.78, 5) is 9.06.